The van der Waals surface area contributed by atoms with Crippen LogP contribution in [0.15, 0.2) is 34.6 Å². The Hall–Kier alpha value is -1.02. The monoisotopic (exact) mass is 383 g/mol. The van der Waals surface area contributed by atoms with E-state index >= 15 is 0 Å². The first-order chi connectivity index (χ1) is 11.1. The standard InChI is InChI=1S/C15H14ClN3OS3/c1-9(23-15-17-6-7-21-15)13(20)19-14-18-12(8-22-14)10-4-2-3-5-11(10)16/h2-5,8-9H,6-7H2,1H3,(H,18,19,20). The van der Waals surface area contributed by atoms with Gasteiger partial charge in [0.05, 0.1) is 17.5 Å². The number of nitrogens with one attached hydrogen (secondary N) is 1. The van der Waals surface area contributed by atoms with E-state index < -0.39 is 0 Å². The minimum atomic E-state index is -0.202. The molecule has 0 saturated heterocycles. The zero-order valence-electron chi connectivity index (χ0n) is 12.3. The van der Waals surface area contributed by atoms with Gasteiger partial charge < -0.3 is 5.32 Å². The Kier molecular flexibility index (Phi) is 5.63. The Morgan fingerprint density at radius 3 is 3.00 bits per heavy atom. The lowest BCUT2D eigenvalue weighted by Gasteiger charge is -2.09. The Balaban J connectivity index is 1.64. The van der Waals surface area contributed by atoms with Gasteiger partial charge in [0.25, 0.3) is 0 Å². The molecule has 0 bridgehead atoms. The summed E-state index contributed by atoms with van der Waals surface area (Å²) in [6, 6.07) is 7.53. The van der Waals surface area contributed by atoms with Gasteiger partial charge in [-0.15, -0.1) is 11.3 Å². The maximum absolute atomic E-state index is 12.3. The third kappa shape index (κ3) is 4.29. The van der Waals surface area contributed by atoms with E-state index in [1.54, 1.807) is 11.8 Å². The molecule has 1 unspecified atom stereocenters. The van der Waals surface area contributed by atoms with Crippen LogP contribution in [-0.4, -0.2) is 32.8 Å². The number of aromatic nitrogens is 1. The van der Waals surface area contributed by atoms with Gasteiger partial charge in [0.15, 0.2) is 5.13 Å². The molecule has 3 rings (SSSR count). The molecule has 1 amide bonds. The number of nitrogens with zero attached hydrogens (tertiary/aromatic N) is 2. The molecule has 1 atom stereocenters. The van der Waals surface area contributed by atoms with Crippen molar-refractivity contribution >= 4 is 61.9 Å². The number of carbonyl (C=O) groups is 1. The zero-order chi connectivity index (χ0) is 16.2. The number of amides is 1. The van der Waals surface area contributed by atoms with Gasteiger partial charge in [-0.05, 0) is 13.0 Å². The minimum absolute atomic E-state index is 0.0646. The predicted octanol–water partition coefficient (Wildman–Crippen LogP) is 4.63. The third-order valence-electron chi connectivity index (χ3n) is 3.09. The number of thioether (sulfide) groups is 2. The van der Waals surface area contributed by atoms with Gasteiger partial charge in [-0.3, -0.25) is 9.79 Å². The van der Waals surface area contributed by atoms with Crippen LogP contribution in [0, 0.1) is 0 Å². The van der Waals surface area contributed by atoms with Crippen LogP contribution < -0.4 is 5.32 Å². The number of hydrogen-bond acceptors (Lipinski definition) is 6. The van der Waals surface area contributed by atoms with Crippen molar-refractivity contribution in [1.29, 1.82) is 0 Å². The summed E-state index contributed by atoms with van der Waals surface area (Å²) in [5.74, 6) is 0.940. The highest BCUT2D eigenvalue weighted by Gasteiger charge is 2.20. The summed E-state index contributed by atoms with van der Waals surface area (Å²) >= 11 is 10.8. The summed E-state index contributed by atoms with van der Waals surface area (Å²) in [6.07, 6.45) is 0. The molecular weight excluding hydrogens is 370 g/mol. The van der Waals surface area contributed by atoms with Gasteiger partial charge in [-0.2, -0.15) is 0 Å². The maximum atomic E-state index is 12.3. The molecule has 0 radical (unpaired) electrons. The lowest BCUT2D eigenvalue weighted by atomic mass is 10.2. The lowest BCUT2D eigenvalue weighted by molar-refractivity contribution is -0.115. The number of halogens is 1. The zero-order valence-corrected chi connectivity index (χ0v) is 15.5. The Morgan fingerprint density at radius 2 is 2.26 bits per heavy atom. The second kappa shape index (κ2) is 7.70. The third-order valence-corrected chi connectivity index (χ3v) is 6.48. The first-order valence-corrected chi connectivity index (χ1v) is 10.1. The molecule has 0 spiro atoms. The van der Waals surface area contributed by atoms with Crippen molar-refractivity contribution in [3.8, 4) is 11.3 Å². The summed E-state index contributed by atoms with van der Waals surface area (Å²) in [5, 5.41) is 5.79. The van der Waals surface area contributed by atoms with Crippen LogP contribution >= 0.6 is 46.5 Å². The van der Waals surface area contributed by atoms with E-state index in [9.17, 15) is 4.79 Å². The SMILES string of the molecule is CC(SC1=NCCS1)C(=O)Nc1nc(-c2ccccc2Cl)cs1. The Bertz CT molecular complexity index is 747. The first kappa shape index (κ1) is 16.8. The maximum Gasteiger partial charge on any atom is 0.239 e. The molecular formula is C15H14ClN3OS3. The second-order valence-electron chi connectivity index (χ2n) is 4.76. The summed E-state index contributed by atoms with van der Waals surface area (Å²) in [6.45, 7) is 2.72. The van der Waals surface area contributed by atoms with E-state index in [0.29, 0.717) is 10.2 Å². The number of aliphatic imine (C=N–C) groups is 1. The van der Waals surface area contributed by atoms with Crippen molar-refractivity contribution in [3.05, 3.63) is 34.7 Å². The average molecular weight is 384 g/mol. The summed E-state index contributed by atoms with van der Waals surface area (Å²) in [5.41, 5.74) is 1.64. The van der Waals surface area contributed by atoms with Crippen molar-refractivity contribution in [2.24, 2.45) is 4.99 Å². The molecule has 23 heavy (non-hydrogen) atoms. The van der Waals surface area contributed by atoms with Crippen molar-refractivity contribution in [2.75, 3.05) is 17.6 Å². The number of carbonyl (C=O) groups excluding carboxylic acids is 1. The summed E-state index contributed by atoms with van der Waals surface area (Å²) in [4.78, 5) is 21.1. The molecule has 1 aromatic heterocycles. The van der Waals surface area contributed by atoms with Crippen LogP contribution in [0.25, 0.3) is 11.3 Å². The highest BCUT2D eigenvalue weighted by molar-refractivity contribution is 8.39. The number of anilines is 1. The van der Waals surface area contributed by atoms with E-state index in [-0.39, 0.29) is 11.2 Å². The van der Waals surface area contributed by atoms with Gasteiger partial charge in [0, 0.05) is 21.7 Å². The van der Waals surface area contributed by atoms with Crippen LogP contribution in [0.1, 0.15) is 6.92 Å². The number of hydrogen-bond donors (Lipinski definition) is 1. The molecule has 8 heteroatoms. The predicted molar refractivity (Wildman–Crippen MR) is 103 cm³/mol. The quantitative estimate of drug-likeness (QED) is 0.836. The highest BCUT2D eigenvalue weighted by Crippen LogP contribution is 2.31. The average Bonchev–Trinajstić information content (AvgIpc) is 3.19. The minimum Gasteiger partial charge on any atom is -0.301 e. The number of rotatable bonds is 4. The van der Waals surface area contributed by atoms with E-state index in [1.807, 2.05) is 36.6 Å². The Labute approximate surface area is 152 Å². The van der Waals surface area contributed by atoms with E-state index in [4.69, 9.17) is 11.6 Å². The van der Waals surface area contributed by atoms with Gasteiger partial charge in [-0.1, -0.05) is 53.3 Å². The molecule has 2 heterocycles. The largest absolute Gasteiger partial charge is 0.301 e. The number of benzene rings is 1. The molecule has 0 fully saturated rings. The number of thiazole rings is 1. The molecule has 4 nitrogen and oxygen atoms in total. The smallest absolute Gasteiger partial charge is 0.239 e. The second-order valence-corrected chi connectivity index (χ2v) is 8.70. The van der Waals surface area contributed by atoms with Crippen molar-refractivity contribution < 1.29 is 4.79 Å². The van der Waals surface area contributed by atoms with Gasteiger partial charge in [0.1, 0.15) is 4.38 Å². The van der Waals surface area contributed by atoms with Crippen LogP contribution in [0.5, 0.6) is 0 Å². The van der Waals surface area contributed by atoms with E-state index in [0.717, 1.165) is 27.9 Å². The van der Waals surface area contributed by atoms with Crippen molar-refractivity contribution in [1.82, 2.24) is 4.98 Å². The van der Waals surface area contributed by atoms with E-state index in [1.165, 1.54) is 23.1 Å². The molecule has 1 aromatic carbocycles. The van der Waals surface area contributed by atoms with Gasteiger partial charge in [0.2, 0.25) is 5.91 Å². The molecule has 1 aliphatic rings. The van der Waals surface area contributed by atoms with Crippen LogP contribution in [0.2, 0.25) is 5.02 Å². The van der Waals surface area contributed by atoms with Crippen LogP contribution in [0.3, 0.4) is 0 Å². The molecule has 120 valence electrons. The fraction of sp³-hybridized carbons (Fsp3) is 0.267. The van der Waals surface area contributed by atoms with Gasteiger partial charge in [-0.25, -0.2) is 4.98 Å². The van der Waals surface area contributed by atoms with Crippen LogP contribution in [0.4, 0.5) is 5.13 Å². The van der Waals surface area contributed by atoms with Crippen molar-refractivity contribution in [2.45, 2.75) is 12.2 Å². The molecule has 0 aliphatic carbocycles. The molecule has 0 saturated carbocycles. The molecule has 2 aromatic rings. The van der Waals surface area contributed by atoms with E-state index in [2.05, 4.69) is 15.3 Å². The van der Waals surface area contributed by atoms with Gasteiger partial charge >= 0.3 is 0 Å². The fourth-order valence-corrected chi connectivity index (χ4v) is 5.00. The first-order valence-electron chi connectivity index (χ1n) is 6.98. The normalized spacial score (nSPS) is 15.3. The summed E-state index contributed by atoms with van der Waals surface area (Å²) in [7, 11) is 0. The Morgan fingerprint density at radius 1 is 1.43 bits per heavy atom. The topological polar surface area (TPSA) is 54.4 Å². The fourth-order valence-electron chi connectivity index (χ4n) is 1.92. The van der Waals surface area contributed by atoms with Crippen molar-refractivity contribution in [3.63, 3.8) is 0 Å². The highest BCUT2D eigenvalue weighted by atomic mass is 35.5. The molecule has 1 aliphatic heterocycles. The molecule has 1 N–H and O–H groups in total. The summed E-state index contributed by atoms with van der Waals surface area (Å²) < 4.78 is 0.989. The lowest BCUT2D eigenvalue weighted by Crippen LogP contribution is -2.23. The van der Waals surface area contributed by atoms with Crippen LogP contribution in [-0.2, 0) is 4.79 Å².